The van der Waals surface area contributed by atoms with Crippen molar-refractivity contribution in [2.75, 3.05) is 38.2 Å². The Bertz CT molecular complexity index is 1720. The van der Waals surface area contributed by atoms with Crippen LogP contribution in [0.5, 0.6) is 5.88 Å². The number of anilines is 1. The van der Waals surface area contributed by atoms with Gasteiger partial charge in [-0.3, -0.25) is 9.69 Å². The summed E-state index contributed by atoms with van der Waals surface area (Å²) < 4.78 is 50.7. The van der Waals surface area contributed by atoms with Crippen LogP contribution in [0, 0.1) is 17.1 Å². The summed E-state index contributed by atoms with van der Waals surface area (Å²) in [6.45, 7) is 4.27. The molecule has 3 aliphatic heterocycles. The van der Waals surface area contributed by atoms with Gasteiger partial charge in [-0.15, -0.1) is 0 Å². The van der Waals surface area contributed by atoms with Crippen molar-refractivity contribution in [1.82, 2.24) is 14.8 Å². The topological polar surface area (TPSA) is 72.7 Å². The van der Waals surface area contributed by atoms with Crippen molar-refractivity contribution in [3.63, 3.8) is 0 Å². The van der Waals surface area contributed by atoms with E-state index in [-0.39, 0.29) is 41.7 Å². The van der Waals surface area contributed by atoms with Crippen molar-refractivity contribution in [3.05, 3.63) is 65.2 Å². The first-order valence-electron chi connectivity index (χ1n) is 15.3. The summed E-state index contributed by atoms with van der Waals surface area (Å²) >= 11 is 0. The number of benzene rings is 2. The van der Waals surface area contributed by atoms with E-state index in [2.05, 4.69) is 23.7 Å². The van der Waals surface area contributed by atoms with Crippen LogP contribution in [-0.2, 0) is 17.6 Å². The molecule has 3 saturated heterocycles. The monoisotopic (exact) mass is 601 g/mol. The van der Waals surface area contributed by atoms with Gasteiger partial charge in [0.1, 0.15) is 29.9 Å². The highest BCUT2D eigenvalue weighted by Crippen LogP contribution is 2.46. The molecule has 4 heterocycles. The lowest BCUT2D eigenvalue weighted by molar-refractivity contribution is -0.130. The number of nitriles is 1. The summed E-state index contributed by atoms with van der Waals surface area (Å²) in [7, 11) is 1.82. The lowest BCUT2D eigenvalue weighted by Crippen LogP contribution is -2.63. The fraction of sp³-hybridized carbons (Fsp3) is 0.441. The molecular formula is C34H34F3N5O2. The molecule has 0 saturated carbocycles. The average Bonchev–Trinajstić information content (AvgIpc) is 3.52. The normalized spacial score (nSPS) is 24.5. The number of alkyl halides is 1. The number of ether oxygens (including phenoxy) is 1. The Labute approximate surface area is 254 Å². The van der Waals surface area contributed by atoms with Crippen molar-refractivity contribution in [1.29, 1.82) is 5.26 Å². The minimum atomic E-state index is -1.00. The molecule has 1 amide bonds. The van der Waals surface area contributed by atoms with Gasteiger partial charge in [0.05, 0.1) is 17.8 Å². The number of likely N-dealkylation sites (tertiary alicyclic amines) is 2. The van der Waals surface area contributed by atoms with Gasteiger partial charge in [0.25, 0.3) is 5.91 Å². The minimum absolute atomic E-state index is 0.00311. The van der Waals surface area contributed by atoms with E-state index in [4.69, 9.17) is 4.74 Å². The fourth-order valence-corrected chi connectivity index (χ4v) is 7.67. The van der Waals surface area contributed by atoms with Crippen LogP contribution < -0.4 is 9.64 Å². The van der Waals surface area contributed by atoms with Gasteiger partial charge in [-0.2, -0.15) is 5.26 Å². The van der Waals surface area contributed by atoms with Gasteiger partial charge < -0.3 is 14.5 Å². The maximum atomic E-state index is 16.7. The molecule has 0 unspecified atom stereocenters. The fourth-order valence-electron chi connectivity index (χ4n) is 7.67. The van der Waals surface area contributed by atoms with E-state index in [1.165, 1.54) is 10.5 Å². The SMILES string of the molecule is C=C(F)C(=O)N1CC[C@@H]2[C@H]1CN2c1c(C#N)c(OC[C@@H]2C[C@@H](F)CN2C)nc2c(F)c(-c3cccc4c3CCCC4)ccc12. The first kappa shape index (κ1) is 28.7. The Morgan fingerprint density at radius 3 is 2.73 bits per heavy atom. The van der Waals surface area contributed by atoms with E-state index >= 15 is 4.39 Å². The molecule has 10 heteroatoms. The zero-order valence-electron chi connectivity index (χ0n) is 24.7. The van der Waals surface area contributed by atoms with E-state index in [0.717, 1.165) is 36.8 Å². The number of aromatic nitrogens is 1. The number of hydrogen-bond acceptors (Lipinski definition) is 6. The molecule has 7 rings (SSSR count). The Morgan fingerprint density at radius 1 is 1.16 bits per heavy atom. The van der Waals surface area contributed by atoms with E-state index in [0.29, 0.717) is 49.1 Å². The van der Waals surface area contributed by atoms with Crippen LogP contribution in [0.4, 0.5) is 18.9 Å². The van der Waals surface area contributed by atoms with Crippen LogP contribution in [-0.4, -0.2) is 78.3 Å². The van der Waals surface area contributed by atoms with Crippen LogP contribution in [0.25, 0.3) is 22.0 Å². The first-order chi connectivity index (χ1) is 21.3. The molecule has 4 aliphatic rings. The van der Waals surface area contributed by atoms with Gasteiger partial charge in [0.15, 0.2) is 11.6 Å². The molecular weight excluding hydrogens is 567 g/mol. The lowest BCUT2D eigenvalue weighted by Gasteiger charge is -2.48. The second kappa shape index (κ2) is 11.1. The number of amides is 1. The third-order valence-corrected chi connectivity index (χ3v) is 9.96. The molecule has 44 heavy (non-hydrogen) atoms. The summed E-state index contributed by atoms with van der Waals surface area (Å²) in [6, 6.07) is 11.2. The molecule has 3 fully saturated rings. The van der Waals surface area contributed by atoms with Crippen LogP contribution >= 0.6 is 0 Å². The number of pyridine rings is 1. The standard InChI is InChI=1S/C34H34F3N5O2/c1-19(35)34(43)41-13-12-28-29(41)17-42(28)32-26-11-10-25(24-9-5-7-20-6-3-4-8-23(20)24)30(37)31(26)39-33(27(32)15-38)44-18-22-14-21(36)16-40(22)2/h5,7,9-11,21-22,28-29H,1,3-4,6,8,12-14,16-18H2,2H3/t21-,22+,28-,29-/m1/s1. The van der Waals surface area contributed by atoms with Crippen LogP contribution in [0.15, 0.2) is 42.7 Å². The Hall–Kier alpha value is -4.10. The van der Waals surface area contributed by atoms with Crippen molar-refractivity contribution >= 4 is 22.5 Å². The quantitative estimate of drug-likeness (QED) is 0.349. The molecule has 1 aliphatic carbocycles. The number of carbonyl (C=O) groups excluding carboxylic acids is 1. The highest BCUT2D eigenvalue weighted by atomic mass is 19.1. The molecule has 1 aromatic heterocycles. The molecule has 0 spiro atoms. The summed E-state index contributed by atoms with van der Waals surface area (Å²) in [5.41, 5.74) is 4.43. The average molecular weight is 602 g/mol. The van der Waals surface area contributed by atoms with Crippen molar-refractivity contribution in [3.8, 4) is 23.1 Å². The maximum absolute atomic E-state index is 16.7. The Kier molecular flexibility index (Phi) is 7.24. The van der Waals surface area contributed by atoms with Crippen molar-refractivity contribution < 1.29 is 22.7 Å². The second-order valence-electron chi connectivity index (χ2n) is 12.4. The predicted octanol–water partition coefficient (Wildman–Crippen LogP) is 5.49. The number of rotatable bonds is 6. The van der Waals surface area contributed by atoms with Crippen LogP contribution in [0.2, 0.25) is 0 Å². The summed E-state index contributed by atoms with van der Waals surface area (Å²) in [5, 5.41) is 10.9. The highest BCUT2D eigenvalue weighted by molar-refractivity contribution is 5.99. The maximum Gasteiger partial charge on any atom is 0.282 e. The third-order valence-electron chi connectivity index (χ3n) is 9.96. The largest absolute Gasteiger partial charge is 0.475 e. The molecule has 7 nitrogen and oxygen atoms in total. The molecule has 0 N–H and O–H groups in total. The van der Waals surface area contributed by atoms with E-state index in [1.54, 1.807) is 6.07 Å². The Morgan fingerprint density at radius 2 is 1.98 bits per heavy atom. The minimum Gasteiger partial charge on any atom is -0.475 e. The van der Waals surface area contributed by atoms with E-state index in [1.807, 2.05) is 35.0 Å². The highest BCUT2D eigenvalue weighted by Gasteiger charge is 2.50. The lowest BCUT2D eigenvalue weighted by atomic mass is 9.85. The first-order valence-corrected chi connectivity index (χ1v) is 15.3. The number of carbonyl (C=O) groups is 1. The molecule has 228 valence electrons. The third kappa shape index (κ3) is 4.60. The number of halogens is 3. The Balaban J connectivity index is 1.34. The molecule has 0 radical (unpaired) electrons. The van der Waals surface area contributed by atoms with Gasteiger partial charge >= 0.3 is 0 Å². The van der Waals surface area contributed by atoms with Gasteiger partial charge in [0.2, 0.25) is 5.88 Å². The molecule has 4 atom stereocenters. The predicted molar refractivity (Wildman–Crippen MR) is 161 cm³/mol. The number of nitrogens with zero attached hydrogens (tertiary/aromatic N) is 5. The summed E-state index contributed by atoms with van der Waals surface area (Å²) in [5.74, 6) is -2.22. The van der Waals surface area contributed by atoms with Crippen LogP contribution in [0.1, 0.15) is 42.4 Å². The molecule has 2 aromatic carbocycles. The number of fused-ring (bicyclic) bond motifs is 3. The van der Waals surface area contributed by atoms with Gasteiger partial charge in [0, 0.05) is 36.6 Å². The van der Waals surface area contributed by atoms with Crippen molar-refractivity contribution in [2.24, 2.45) is 0 Å². The zero-order chi connectivity index (χ0) is 30.7. The summed E-state index contributed by atoms with van der Waals surface area (Å²) in [6.07, 6.45) is 3.91. The number of likely N-dealkylation sites (N-methyl/N-ethyl adjacent to an activating group) is 1. The molecule has 0 bridgehead atoms. The zero-order valence-corrected chi connectivity index (χ0v) is 24.7. The van der Waals surface area contributed by atoms with E-state index in [9.17, 15) is 18.8 Å². The number of hydrogen-bond donors (Lipinski definition) is 0. The van der Waals surface area contributed by atoms with Crippen LogP contribution in [0.3, 0.4) is 0 Å². The van der Waals surface area contributed by atoms with Gasteiger partial charge in [-0.05, 0) is 68.3 Å². The van der Waals surface area contributed by atoms with Gasteiger partial charge in [-0.1, -0.05) is 30.8 Å². The smallest absolute Gasteiger partial charge is 0.282 e. The van der Waals surface area contributed by atoms with Crippen molar-refractivity contribution in [2.45, 2.75) is 62.8 Å². The van der Waals surface area contributed by atoms with Gasteiger partial charge in [-0.25, -0.2) is 18.2 Å². The number of aryl methyl sites for hydroxylation is 1. The van der Waals surface area contributed by atoms with E-state index < -0.39 is 23.7 Å². The molecule has 3 aromatic rings. The second-order valence-corrected chi connectivity index (χ2v) is 12.4. The summed E-state index contributed by atoms with van der Waals surface area (Å²) in [4.78, 5) is 22.4.